The van der Waals surface area contributed by atoms with Crippen molar-refractivity contribution in [3.63, 3.8) is 0 Å². The summed E-state index contributed by atoms with van der Waals surface area (Å²) in [5.41, 5.74) is 8.95. The van der Waals surface area contributed by atoms with Gasteiger partial charge < -0.3 is 15.8 Å². The first-order valence-corrected chi connectivity index (χ1v) is 9.06. The van der Waals surface area contributed by atoms with Gasteiger partial charge in [-0.15, -0.1) is 0 Å². The van der Waals surface area contributed by atoms with Gasteiger partial charge in [0.1, 0.15) is 5.82 Å². The predicted molar refractivity (Wildman–Crippen MR) is 98.7 cm³/mol. The molecule has 0 aliphatic carbocycles. The van der Waals surface area contributed by atoms with Gasteiger partial charge in [0, 0.05) is 38.5 Å². The van der Waals surface area contributed by atoms with E-state index < -0.39 is 0 Å². The van der Waals surface area contributed by atoms with Gasteiger partial charge in [-0.2, -0.15) is 9.97 Å². The average Bonchev–Trinajstić information content (AvgIpc) is 2.99. The van der Waals surface area contributed by atoms with E-state index in [2.05, 4.69) is 25.2 Å². The monoisotopic (exact) mass is 342 g/mol. The number of nitrogen functional groups attached to an aromatic ring is 1. The summed E-state index contributed by atoms with van der Waals surface area (Å²) in [4.78, 5) is 15.8. The zero-order valence-corrected chi connectivity index (χ0v) is 15.0. The van der Waals surface area contributed by atoms with Crippen LogP contribution in [0.4, 0.5) is 11.8 Å². The van der Waals surface area contributed by atoms with Crippen LogP contribution in [0.2, 0.25) is 0 Å². The van der Waals surface area contributed by atoms with Gasteiger partial charge >= 0.3 is 0 Å². The summed E-state index contributed by atoms with van der Waals surface area (Å²) in [6, 6.07) is 2.00. The molecular weight excluding hydrogens is 316 g/mol. The van der Waals surface area contributed by atoms with Gasteiger partial charge in [0.25, 0.3) is 0 Å². The number of pyridine rings is 1. The summed E-state index contributed by atoms with van der Waals surface area (Å²) < 4.78 is 5.86. The first-order chi connectivity index (χ1) is 12.0. The van der Waals surface area contributed by atoms with E-state index in [4.69, 9.17) is 10.5 Å². The average molecular weight is 342 g/mol. The Balaban J connectivity index is 1.31. The lowest BCUT2D eigenvalue weighted by molar-refractivity contribution is -0.110. The second kappa shape index (κ2) is 6.38. The lowest BCUT2D eigenvalue weighted by atomic mass is 9.91. The molecule has 0 radical (unpaired) electrons. The van der Waals surface area contributed by atoms with Crippen molar-refractivity contribution >= 4 is 22.8 Å². The van der Waals surface area contributed by atoms with Crippen LogP contribution in [-0.2, 0) is 4.74 Å². The number of likely N-dealkylation sites (tertiary alicyclic amines) is 1. The second-order valence-electron chi connectivity index (χ2n) is 7.34. The second-order valence-corrected chi connectivity index (χ2v) is 7.34. The molecule has 0 amide bonds. The number of nitrogens with zero attached hydrogens (tertiary/aromatic N) is 4. The minimum absolute atomic E-state index is 0.185. The molecule has 2 saturated heterocycles. The lowest BCUT2D eigenvalue weighted by Crippen LogP contribution is -2.61. The minimum Gasteiger partial charge on any atom is -0.383 e. The lowest BCUT2D eigenvalue weighted by Gasteiger charge is -2.47. The number of nitrogens with two attached hydrogens (primary N) is 1. The van der Waals surface area contributed by atoms with E-state index in [1.54, 1.807) is 0 Å². The quantitative estimate of drug-likeness (QED) is 0.802. The van der Waals surface area contributed by atoms with E-state index >= 15 is 0 Å². The van der Waals surface area contributed by atoms with Crippen LogP contribution in [-0.4, -0.2) is 58.2 Å². The zero-order valence-electron chi connectivity index (χ0n) is 15.0. The molecule has 2 aliphatic heterocycles. The number of hydrogen-bond acceptors (Lipinski definition) is 7. The molecule has 25 heavy (non-hydrogen) atoms. The van der Waals surface area contributed by atoms with E-state index in [0.29, 0.717) is 17.4 Å². The molecule has 1 spiro atoms. The Morgan fingerprint density at radius 3 is 2.88 bits per heavy atom. The standard InChI is InChI=1S/C18H26N6O/c1-12-9-13(2)21-16-14(12)15(19)22-17(23-16)20-6-4-7-24-10-18(11-24)5-3-8-25-18/h9H,3-8,10-11H2,1-2H3,(H3,19,20,21,22,23). The van der Waals surface area contributed by atoms with Gasteiger partial charge in [-0.1, -0.05) is 0 Å². The maximum Gasteiger partial charge on any atom is 0.226 e. The summed E-state index contributed by atoms with van der Waals surface area (Å²) in [5.74, 6) is 1.04. The van der Waals surface area contributed by atoms with Crippen molar-refractivity contribution in [2.24, 2.45) is 0 Å². The Morgan fingerprint density at radius 2 is 2.12 bits per heavy atom. The largest absolute Gasteiger partial charge is 0.383 e. The van der Waals surface area contributed by atoms with Crippen molar-refractivity contribution in [1.29, 1.82) is 0 Å². The summed E-state index contributed by atoms with van der Waals surface area (Å²) in [7, 11) is 0. The number of rotatable bonds is 5. The molecule has 4 heterocycles. The third kappa shape index (κ3) is 3.26. The van der Waals surface area contributed by atoms with Crippen LogP contribution >= 0.6 is 0 Å². The topological polar surface area (TPSA) is 89.2 Å². The highest BCUT2D eigenvalue weighted by Gasteiger charge is 2.45. The predicted octanol–water partition coefficient (Wildman–Crippen LogP) is 1.89. The molecule has 2 aliphatic rings. The molecule has 0 bridgehead atoms. The number of hydrogen-bond donors (Lipinski definition) is 2. The third-order valence-corrected chi connectivity index (χ3v) is 5.16. The molecular formula is C18H26N6O. The van der Waals surface area contributed by atoms with Gasteiger partial charge in [0.15, 0.2) is 5.65 Å². The Bertz CT molecular complexity index is 779. The van der Waals surface area contributed by atoms with E-state index in [9.17, 15) is 0 Å². The van der Waals surface area contributed by atoms with Crippen LogP contribution in [0, 0.1) is 13.8 Å². The molecule has 2 aromatic rings. The van der Waals surface area contributed by atoms with E-state index in [-0.39, 0.29) is 5.60 Å². The molecule has 0 atom stereocenters. The summed E-state index contributed by atoms with van der Waals surface area (Å²) in [6.45, 7) is 8.95. The molecule has 4 rings (SSSR count). The van der Waals surface area contributed by atoms with Gasteiger partial charge in [-0.25, -0.2) is 4.98 Å². The van der Waals surface area contributed by atoms with Gasteiger partial charge in [0.2, 0.25) is 5.95 Å². The fourth-order valence-corrected chi connectivity index (χ4v) is 4.02. The fourth-order valence-electron chi connectivity index (χ4n) is 4.02. The molecule has 3 N–H and O–H groups in total. The Labute approximate surface area is 148 Å². The molecule has 7 heteroatoms. The van der Waals surface area contributed by atoms with Gasteiger partial charge in [0.05, 0.1) is 11.0 Å². The van der Waals surface area contributed by atoms with Crippen LogP contribution in [0.25, 0.3) is 11.0 Å². The van der Waals surface area contributed by atoms with E-state index in [1.807, 2.05) is 19.9 Å². The zero-order chi connectivity index (χ0) is 17.4. The normalized spacial score (nSPS) is 19.4. The maximum absolute atomic E-state index is 6.10. The van der Waals surface area contributed by atoms with E-state index in [1.165, 1.54) is 12.8 Å². The molecule has 134 valence electrons. The molecule has 0 saturated carbocycles. The van der Waals surface area contributed by atoms with Crippen molar-refractivity contribution < 1.29 is 4.74 Å². The van der Waals surface area contributed by atoms with Crippen molar-refractivity contribution in [3.05, 3.63) is 17.3 Å². The Morgan fingerprint density at radius 1 is 1.28 bits per heavy atom. The SMILES string of the molecule is Cc1cc(C)c2c(N)nc(NCCCN3CC4(CCCO4)C3)nc2n1. The number of ether oxygens (including phenoxy) is 1. The van der Waals surface area contributed by atoms with Crippen molar-refractivity contribution in [3.8, 4) is 0 Å². The molecule has 0 unspecified atom stereocenters. The van der Waals surface area contributed by atoms with Gasteiger partial charge in [-0.3, -0.25) is 4.90 Å². The van der Waals surface area contributed by atoms with Crippen LogP contribution in [0.5, 0.6) is 0 Å². The molecule has 0 aromatic carbocycles. The summed E-state index contributed by atoms with van der Waals surface area (Å²) in [6.07, 6.45) is 3.47. The molecule has 7 nitrogen and oxygen atoms in total. The summed E-state index contributed by atoms with van der Waals surface area (Å²) in [5, 5.41) is 4.13. The van der Waals surface area contributed by atoms with Crippen LogP contribution in [0.15, 0.2) is 6.07 Å². The first-order valence-electron chi connectivity index (χ1n) is 9.06. The number of fused-ring (bicyclic) bond motifs is 1. The Hall–Kier alpha value is -1.99. The third-order valence-electron chi connectivity index (χ3n) is 5.16. The smallest absolute Gasteiger partial charge is 0.226 e. The van der Waals surface area contributed by atoms with Crippen molar-refractivity contribution in [2.45, 2.75) is 38.7 Å². The molecule has 2 fully saturated rings. The van der Waals surface area contributed by atoms with Crippen molar-refractivity contribution in [2.75, 3.05) is 43.8 Å². The molecule has 2 aromatic heterocycles. The highest BCUT2D eigenvalue weighted by Crippen LogP contribution is 2.34. The van der Waals surface area contributed by atoms with E-state index in [0.717, 1.165) is 55.9 Å². The van der Waals surface area contributed by atoms with Crippen LogP contribution in [0.1, 0.15) is 30.5 Å². The number of anilines is 2. The highest BCUT2D eigenvalue weighted by molar-refractivity contribution is 5.89. The Kier molecular flexibility index (Phi) is 4.21. The maximum atomic E-state index is 6.10. The van der Waals surface area contributed by atoms with Gasteiger partial charge in [-0.05, 0) is 44.7 Å². The van der Waals surface area contributed by atoms with Crippen LogP contribution < -0.4 is 11.1 Å². The number of aryl methyl sites for hydroxylation is 2. The number of aromatic nitrogens is 3. The fraction of sp³-hybridized carbons (Fsp3) is 0.611. The first kappa shape index (κ1) is 16.5. The van der Waals surface area contributed by atoms with Crippen LogP contribution in [0.3, 0.4) is 0 Å². The summed E-state index contributed by atoms with van der Waals surface area (Å²) >= 11 is 0. The highest BCUT2D eigenvalue weighted by atomic mass is 16.5. The van der Waals surface area contributed by atoms with Crippen molar-refractivity contribution in [1.82, 2.24) is 19.9 Å². The minimum atomic E-state index is 0.185. The number of nitrogens with one attached hydrogen (secondary N) is 1.